The van der Waals surface area contributed by atoms with Gasteiger partial charge in [-0.15, -0.1) is 0 Å². The maximum atomic E-state index is 13.6. The molecule has 1 aromatic carbocycles. The van der Waals surface area contributed by atoms with Crippen LogP contribution in [0.4, 0.5) is 4.39 Å². The second-order valence-electron chi connectivity index (χ2n) is 5.39. The molecule has 110 valence electrons. The number of benzene rings is 1. The number of rotatable bonds is 3. The van der Waals surface area contributed by atoms with E-state index in [-0.39, 0.29) is 11.9 Å². The van der Waals surface area contributed by atoms with E-state index in [4.69, 9.17) is 5.73 Å². The lowest BCUT2D eigenvalue weighted by Gasteiger charge is -2.37. The van der Waals surface area contributed by atoms with E-state index in [0.717, 1.165) is 19.3 Å². The van der Waals surface area contributed by atoms with Crippen molar-refractivity contribution in [2.75, 3.05) is 13.6 Å². The van der Waals surface area contributed by atoms with Gasteiger partial charge in [0.15, 0.2) is 0 Å². The number of nitrogens with two attached hydrogens (primary N) is 1. The minimum absolute atomic E-state index is 0.137. The van der Waals surface area contributed by atoms with Crippen LogP contribution in [0.2, 0.25) is 0 Å². The van der Waals surface area contributed by atoms with Crippen molar-refractivity contribution in [3.05, 3.63) is 34.1 Å². The first kappa shape index (κ1) is 15.4. The molecular weight excluding hydrogens is 323 g/mol. The fourth-order valence-corrected chi connectivity index (χ4v) is 3.20. The van der Waals surface area contributed by atoms with Crippen molar-refractivity contribution >= 4 is 21.8 Å². The van der Waals surface area contributed by atoms with Crippen LogP contribution in [0.5, 0.6) is 0 Å². The summed E-state index contributed by atoms with van der Waals surface area (Å²) in [5.41, 5.74) is 6.19. The Kier molecular flexibility index (Phi) is 5.16. The molecular formula is C15H20BrFN2O. The molecule has 2 rings (SSSR count). The molecule has 1 amide bonds. The van der Waals surface area contributed by atoms with E-state index in [2.05, 4.69) is 15.9 Å². The fraction of sp³-hybridized carbons (Fsp3) is 0.533. The maximum Gasteiger partial charge on any atom is 0.253 e. The Morgan fingerprint density at radius 3 is 2.80 bits per heavy atom. The molecule has 20 heavy (non-hydrogen) atoms. The average molecular weight is 343 g/mol. The van der Waals surface area contributed by atoms with E-state index in [1.807, 2.05) is 0 Å². The quantitative estimate of drug-likeness (QED) is 0.916. The molecule has 0 bridgehead atoms. The standard InChI is InChI=1S/C15H20BrFN2O/c1-19(14-5-3-2-4-11(14)9-18)15(20)10-6-7-12(16)13(17)8-10/h6-8,11,14H,2-5,9,18H2,1H3. The summed E-state index contributed by atoms with van der Waals surface area (Å²) in [5.74, 6) is -0.206. The van der Waals surface area contributed by atoms with E-state index < -0.39 is 5.82 Å². The number of carbonyl (C=O) groups is 1. The number of hydrogen-bond donors (Lipinski definition) is 1. The SMILES string of the molecule is CN(C(=O)c1ccc(Br)c(F)c1)C1CCCCC1CN. The Labute approximate surface area is 127 Å². The number of amides is 1. The highest BCUT2D eigenvalue weighted by Crippen LogP contribution is 2.28. The molecule has 0 radical (unpaired) electrons. The van der Waals surface area contributed by atoms with Gasteiger partial charge in [0, 0.05) is 18.7 Å². The van der Waals surface area contributed by atoms with Crippen LogP contribution in [0.25, 0.3) is 0 Å². The molecule has 1 fully saturated rings. The normalized spacial score (nSPS) is 22.6. The first-order chi connectivity index (χ1) is 9.54. The second-order valence-corrected chi connectivity index (χ2v) is 6.25. The van der Waals surface area contributed by atoms with Gasteiger partial charge in [0.25, 0.3) is 5.91 Å². The number of nitrogens with zero attached hydrogens (tertiary/aromatic N) is 1. The number of carbonyl (C=O) groups excluding carboxylic acids is 1. The number of hydrogen-bond acceptors (Lipinski definition) is 2. The molecule has 1 saturated carbocycles. The van der Waals surface area contributed by atoms with Crippen LogP contribution < -0.4 is 5.73 Å². The lowest BCUT2D eigenvalue weighted by Crippen LogP contribution is -2.45. The third-order valence-corrected chi connectivity index (χ3v) is 4.80. The van der Waals surface area contributed by atoms with Crippen molar-refractivity contribution in [3.63, 3.8) is 0 Å². The third-order valence-electron chi connectivity index (χ3n) is 4.16. The van der Waals surface area contributed by atoms with E-state index >= 15 is 0 Å². The van der Waals surface area contributed by atoms with E-state index in [1.54, 1.807) is 24.1 Å². The summed E-state index contributed by atoms with van der Waals surface area (Å²) in [6.07, 6.45) is 4.33. The molecule has 0 aromatic heterocycles. The summed E-state index contributed by atoms with van der Waals surface area (Å²) in [7, 11) is 1.79. The third kappa shape index (κ3) is 3.20. The zero-order chi connectivity index (χ0) is 14.7. The average Bonchev–Trinajstić information content (AvgIpc) is 2.48. The van der Waals surface area contributed by atoms with Gasteiger partial charge in [-0.2, -0.15) is 0 Å². The summed E-state index contributed by atoms with van der Waals surface area (Å²) in [4.78, 5) is 14.2. The predicted molar refractivity (Wildman–Crippen MR) is 81.0 cm³/mol. The van der Waals surface area contributed by atoms with E-state index in [1.165, 1.54) is 12.5 Å². The molecule has 2 N–H and O–H groups in total. The van der Waals surface area contributed by atoms with Crippen molar-refractivity contribution in [1.29, 1.82) is 0 Å². The first-order valence-electron chi connectivity index (χ1n) is 6.97. The molecule has 1 aliphatic rings. The highest BCUT2D eigenvalue weighted by molar-refractivity contribution is 9.10. The summed E-state index contributed by atoms with van der Waals surface area (Å²) in [6, 6.07) is 4.65. The van der Waals surface area contributed by atoms with Crippen LogP contribution in [0.15, 0.2) is 22.7 Å². The van der Waals surface area contributed by atoms with Gasteiger partial charge in [-0.05, 0) is 59.4 Å². The monoisotopic (exact) mass is 342 g/mol. The molecule has 0 heterocycles. The topological polar surface area (TPSA) is 46.3 Å². The predicted octanol–water partition coefficient (Wildman–Crippen LogP) is 3.18. The molecule has 5 heteroatoms. The van der Waals surface area contributed by atoms with Gasteiger partial charge in [0.1, 0.15) is 5.82 Å². The van der Waals surface area contributed by atoms with E-state index in [9.17, 15) is 9.18 Å². The van der Waals surface area contributed by atoms with Crippen LogP contribution >= 0.6 is 15.9 Å². The number of halogens is 2. The van der Waals surface area contributed by atoms with Gasteiger partial charge >= 0.3 is 0 Å². The van der Waals surface area contributed by atoms with Crippen molar-refractivity contribution in [2.45, 2.75) is 31.7 Å². The van der Waals surface area contributed by atoms with Crippen molar-refractivity contribution in [1.82, 2.24) is 4.90 Å². The van der Waals surface area contributed by atoms with Gasteiger partial charge in [0.2, 0.25) is 0 Å². The summed E-state index contributed by atoms with van der Waals surface area (Å²) in [5, 5.41) is 0. The highest BCUT2D eigenvalue weighted by Gasteiger charge is 2.30. The molecule has 0 aliphatic heterocycles. The second kappa shape index (κ2) is 6.68. The van der Waals surface area contributed by atoms with Gasteiger partial charge < -0.3 is 10.6 Å². The largest absolute Gasteiger partial charge is 0.338 e. The highest BCUT2D eigenvalue weighted by atomic mass is 79.9. The van der Waals surface area contributed by atoms with Crippen LogP contribution in [0.1, 0.15) is 36.0 Å². The lowest BCUT2D eigenvalue weighted by molar-refractivity contribution is 0.0620. The molecule has 0 spiro atoms. The van der Waals surface area contributed by atoms with Crippen LogP contribution in [-0.2, 0) is 0 Å². The lowest BCUT2D eigenvalue weighted by atomic mass is 9.83. The Morgan fingerprint density at radius 1 is 1.45 bits per heavy atom. The Morgan fingerprint density at radius 2 is 2.15 bits per heavy atom. The van der Waals surface area contributed by atoms with Crippen molar-refractivity contribution in [3.8, 4) is 0 Å². The van der Waals surface area contributed by atoms with Gasteiger partial charge in [-0.25, -0.2) is 4.39 Å². The van der Waals surface area contributed by atoms with Crippen molar-refractivity contribution < 1.29 is 9.18 Å². The molecule has 1 aromatic rings. The minimum Gasteiger partial charge on any atom is -0.338 e. The minimum atomic E-state index is -0.414. The molecule has 2 atom stereocenters. The molecule has 1 aliphatic carbocycles. The van der Waals surface area contributed by atoms with Gasteiger partial charge in [-0.3, -0.25) is 4.79 Å². The summed E-state index contributed by atoms with van der Waals surface area (Å²) < 4.78 is 13.9. The smallest absolute Gasteiger partial charge is 0.253 e. The Bertz CT molecular complexity index is 495. The van der Waals surface area contributed by atoms with Crippen LogP contribution in [-0.4, -0.2) is 30.4 Å². The maximum absolute atomic E-state index is 13.6. The van der Waals surface area contributed by atoms with Crippen LogP contribution in [0, 0.1) is 11.7 Å². The zero-order valence-electron chi connectivity index (χ0n) is 11.6. The molecule has 2 unspecified atom stereocenters. The van der Waals surface area contributed by atoms with Gasteiger partial charge in [-0.1, -0.05) is 12.8 Å². The Hall–Kier alpha value is -0.940. The first-order valence-corrected chi connectivity index (χ1v) is 7.76. The Balaban J connectivity index is 2.16. The fourth-order valence-electron chi connectivity index (χ4n) is 2.96. The molecule has 3 nitrogen and oxygen atoms in total. The molecule has 0 saturated heterocycles. The summed E-state index contributed by atoms with van der Waals surface area (Å²) in [6.45, 7) is 0.594. The van der Waals surface area contributed by atoms with Gasteiger partial charge in [0.05, 0.1) is 4.47 Å². The zero-order valence-corrected chi connectivity index (χ0v) is 13.2. The van der Waals surface area contributed by atoms with Crippen LogP contribution in [0.3, 0.4) is 0 Å². The van der Waals surface area contributed by atoms with Crippen molar-refractivity contribution in [2.24, 2.45) is 11.7 Å². The summed E-state index contributed by atoms with van der Waals surface area (Å²) >= 11 is 3.10. The van der Waals surface area contributed by atoms with E-state index in [0.29, 0.717) is 22.5 Å².